The molecular formula is C20H24O8. The molecule has 1 aromatic rings. The van der Waals surface area contributed by atoms with Crippen LogP contribution in [-0.4, -0.2) is 50.3 Å². The molecule has 1 fully saturated rings. The lowest BCUT2D eigenvalue weighted by atomic mass is 10.1. The molecule has 2 bridgehead atoms. The molecule has 8 heteroatoms. The van der Waals surface area contributed by atoms with Gasteiger partial charge in [-0.2, -0.15) is 0 Å². The quantitative estimate of drug-likeness (QED) is 0.490. The molecule has 0 radical (unpaired) electrons. The van der Waals surface area contributed by atoms with Crippen LogP contribution in [0.4, 0.5) is 0 Å². The van der Waals surface area contributed by atoms with E-state index in [1.54, 1.807) is 24.3 Å². The summed E-state index contributed by atoms with van der Waals surface area (Å²) in [6.07, 6.45) is 3.21. The Labute approximate surface area is 163 Å². The second kappa shape index (κ2) is 11.7. The molecule has 0 spiro atoms. The van der Waals surface area contributed by atoms with E-state index in [-0.39, 0.29) is 36.7 Å². The number of hydrogen-bond acceptors (Lipinski definition) is 8. The molecular weight excluding hydrogens is 368 g/mol. The second-order valence-corrected chi connectivity index (χ2v) is 6.20. The van der Waals surface area contributed by atoms with Gasteiger partial charge in [0.15, 0.2) is 0 Å². The first-order valence-corrected chi connectivity index (χ1v) is 9.32. The van der Waals surface area contributed by atoms with E-state index in [4.69, 9.17) is 18.9 Å². The third-order valence-electron chi connectivity index (χ3n) is 3.96. The molecule has 0 atom stereocenters. The lowest BCUT2D eigenvalue weighted by Gasteiger charge is -2.09. The van der Waals surface area contributed by atoms with Gasteiger partial charge in [0, 0.05) is 0 Å². The van der Waals surface area contributed by atoms with E-state index in [9.17, 15) is 19.2 Å². The van der Waals surface area contributed by atoms with Crippen molar-refractivity contribution in [1.82, 2.24) is 0 Å². The first-order chi connectivity index (χ1) is 13.6. The monoisotopic (exact) mass is 392 g/mol. The van der Waals surface area contributed by atoms with E-state index >= 15 is 0 Å². The fourth-order valence-corrected chi connectivity index (χ4v) is 2.37. The maximum absolute atomic E-state index is 11.5. The largest absolute Gasteiger partial charge is 0.466 e. The maximum Gasteiger partial charge on any atom is 0.338 e. The predicted molar refractivity (Wildman–Crippen MR) is 96.6 cm³/mol. The summed E-state index contributed by atoms with van der Waals surface area (Å²) in [4.78, 5) is 44.6. The van der Waals surface area contributed by atoms with E-state index in [2.05, 4.69) is 0 Å². The van der Waals surface area contributed by atoms with Crippen LogP contribution in [0.1, 0.15) is 59.2 Å². The number of hydrogen-bond donors (Lipinski definition) is 0. The van der Waals surface area contributed by atoms with E-state index in [0.717, 1.165) is 12.8 Å². The highest BCUT2D eigenvalue weighted by Gasteiger charge is 2.12. The number of benzene rings is 1. The van der Waals surface area contributed by atoms with Crippen molar-refractivity contribution >= 4 is 23.9 Å². The van der Waals surface area contributed by atoms with Crippen LogP contribution in [0.2, 0.25) is 0 Å². The zero-order valence-electron chi connectivity index (χ0n) is 15.6. The van der Waals surface area contributed by atoms with Gasteiger partial charge in [-0.3, -0.25) is 9.59 Å². The molecule has 0 aliphatic carbocycles. The Bertz CT molecular complexity index is 621. The van der Waals surface area contributed by atoms with E-state index in [0.29, 0.717) is 50.4 Å². The summed E-state index contributed by atoms with van der Waals surface area (Å²) in [7, 11) is 0. The smallest absolute Gasteiger partial charge is 0.338 e. The topological polar surface area (TPSA) is 105 Å². The Hall–Kier alpha value is -2.90. The van der Waals surface area contributed by atoms with Gasteiger partial charge in [0.25, 0.3) is 0 Å². The first-order valence-electron chi connectivity index (χ1n) is 9.32. The van der Waals surface area contributed by atoms with Crippen LogP contribution >= 0.6 is 0 Å². The van der Waals surface area contributed by atoms with Crippen molar-refractivity contribution in [3.05, 3.63) is 35.4 Å². The normalized spacial score (nSPS) is 18.7. The Balaban J connectivity index is 0.000000209. The van der Waals surface area contributed by atoms with Gasteiger partial charge in [0.05, 0.1) is 50.4 Å². The van der Waals surface area contributed by atoms with Crippen LogP contribution in [0.15, 0.2) is 24.3 Å². The van der Waals surface area contributed by atoms with Crippen molar-refractivity contribution < 1.29 is 38.1 Å². The number of cyclic esters (lactones) is 2. The molecule has 4 rings (SSSR count). The summed E-state index contributed by atoms with van der Waals surface area (Å²) in [5.74, 6) is -1.32. The second-order valence-electron chi connectivity index (χ2n) is 6.20. The fourth-order valence-electron chi connectivity index (χ4n) is 2.37. The molecule has 8 nitrogen and oxygen atoms in total. The van der Waals surface area contributed by atoms with Gasteiger partial charge in [-0.1, -0.05) is 0 Å². The van der Waals surface area contributed by atoms with E-state index < -0.39 is 0 Å². The van der Waals surface area contributed by atoms with Gasteiger partial charge < -0.3 is 18.9 Å². The lowest BCUT2D eigenvalue weighted by Crippen LogP contribution is -2.14. The number of rotatable bonds is 0. The summed E-state index contributed by atoms with van der Waals surface area (Å²) in [5.41, 5.74) is 0.911. The van der Waals surface area contributed by atoms with Crippen molar-refractivity contribution in [2.45, 2.75) is 38.5 Å². The van der Waals surface area contributed by atoms with Crippen molar-refractivity contribution in [2.75, 3.05) is 26.4 Å². The van der Waals surface area contributed by atoms with Gasteiger partial charge in [-0.05, 0) is 49.9 Å². The van der Waals surface area contributed by atoms with Crippen LogP contribution in [0.5, 0.6) is 0 Å². The van der Waals surface area contributed by atoms with Crippen molar-refractivity contribution in [1.29, 1.82) is 0 Å². The van der Waals surface area contributed by atoms with Crippen LogP contribution in [0, 0.1) is 0 Å². The SMILES string of the molecule is O=C1CCC(=O)OCCCCO1.O=C1OCCCCOC(=O)c2ccc1cc2. The Kier molecular flexibility index (Phi) is 8.97. The molecule has 1 aromatic carbocycles. The molecule has 1 saturated heterocycles. The van der Waals surface area contributed by atoms with Crippen LogP contribution in [0.3, 0.4) is 0 Å². The number of carbonyl (C=O) groups excluding carboxylic acids is 4. The van der Waals surface area contributed by atoms with Crippen LogP contribution < -0.4 is 0 Å². The van der Waals surface area contributed by atoms with Gasteiger partial charge in [0.2, 0.25) is 0 Å². The van der Waals surface area contributed by atoms with E-state index in [1.807, 2.05) is 0 Å². The minimum atomic E-state index is -0.347. The third-order valence-corrected chi connectivity index (χ3v) is 3.96. The molecule has 3 aliphatic rings. The Morgan fingerprint density at radius 2 is 0.821 bits per heavy atom. The van der Waals surface area contributed by atoms with E-state index in [1.165, 1.54) is 0 Å². The van der Waals surface area contributed by atoms with Gasteiger partial charge in [-0.15, -0.1) is 0 Å². The third kappa shape index (κ3) is 7.77. The van der Waals surface area contributed by atoms with Crippen molar-refractivity contribution in [3.63, 3.8) is 0 Å². The molecule has 3 heterocycles. The molecule has 152 valence electrons. The highest BCUT2D eigenvalue weighted by atomic mass is 16.5. The minimum absolute atomic E-state index is 0.138. The average molecular weight is 392 g/mol. The van der Waals surface area contributed by atoms with Crippen LogP contribution in [0.25, 0.3) is 0 Å². The number of fused-ring (bicyclic) bond motifs is 9. The maximum atomic E-state index is 11.5. The summed E-state index contributed by atoms with van der Waals surface area (Å²) >= 11 is 0. The average Bonchev–Trinajstić information content (AvgIpc) is 2.70. The number of ether oxygens (including phenoxy) is 4. The standard InChI is InChI=1S/C12H12O4.C8H12O4/c13-11-9-3-5-10(6-4-9)12(14)16-8-2-1-7-15-11;9-7-3-4-8(10)12-6-2-1-5-11-7/h3-6H,1-2,7-8H2;1-6H2. The molecule has 0 aromatic heterocycles. The molecule has 28 heavy (non-hydrogen) atoms. The van der Waals surface area contributed by atoms with Gasteiger partial charge in [0.1, 0.15) is 0 Å². The summed E-state index contributed by atoms with van der Waals surface area (Å²) in [6, 6.07) is 6.28. The summed E-state index contributed by atoms with van der Waals surface area (Å²) in [6.45, 7) is 1.60. The number of carbonyl (C=O) groups is 4. The highest BCUT2D eigenvalue weighted by molar-refractivity contribution is 5.93. The molecule has 0 amide bonds. The Morgan fingerprint density at radius 1 is 0.500 bits per heavy atom. The zero-order valence-corrected chi connectivity index (χ0v) is 15.6. The first kappa shape index (κ1) is 21.4. The molecule has 0 unspecified atom stereocenters. The lowest BCUT2D eigenvalue weighted by molar-refractivity contribution is -0.152. The number of esters is 4. The Morgan fingerprint density at radius 3 is 1.18 bits per heavy atom. The fraction of sp³-hybridized carbons (Fsp3) is 0.500. The van der Waals surface area contributed by atoms with Crippen LogP contribution in [-0.2, 0) is 28.5 Å². The predicted octanol–water partition coefficient (Wildman–Crippen LogP) is 2.44. The molecule has 0 N–H and O–H groups in total. The molecule has 0 saturated carbocycles. The molecule has 3 aliphatic heterocycles. The van der Waals surface area contributed by atoms with Crippen molar-refractivity contribution in [3.8, 4) is 0 Å². The summed E-state index contributed by atoms with van der Waals surface area (Å²) < 4.78 is 19.7. The van der Waals surface area contributed by atoms with Crippen molar-refractivity contribution in [2.24, 2.45) is 0 Å². The van der Waals surface area contributed by atoms with Gasteiger partial charge >= 0.3 is 23.9 Å². The van der Waals surface area contributed by atoms with Gasteiger partial charge in [-0.25, -0.2) is 9.59 Å². The highest BCUT2D eigenvalue weighted by Crippen LogP contribution is 2.09. The summed E-state index contributed by atoms with van der Waals surface area (Å²) in [5, 5.41) is 0. The zero-order chi connectivity index (χ0) is 20.2. The minimum Gasteiger partial charge on any atom is -0.466 e.